The molecule has 1 heterocycles. The Labute approximate surface area is 154 Å². The Bertz CT molecular complexity index is 820. The van der Waals surface area contributed by atoms with Gasteiger partial charge in [0.15, 0.2) is 0 Å². The molecule has 1 atom stereocenters. The number of benzene rings is 2. The van der Waals surface area contributed by atoms with Gasteiger partial charge >= 0.3 is 0 Å². The Hall–Kier alpha value is -2.25. The minimum atomic E-state index is -0.730. The van der Waals surface area contributed by atoms with Crippen LogP contribution in [0.1, 0.15) is 12.5 Å². The van der Waals surface area contributed by atoms with Crippen LogP contribution in [0, 0.1) is 0 Å². The number of halogens is 1. The molecule has 6 nitrogen and oxygen atoms in total. The minimum absolute atomic E-state index is 0.164. The lowest BCUT2D eigenvalue weighted by atomic mass is 10.2. The molecule has 0 amide bonds. The van der Waals surface area contributed by atoms with E-state index in [2.05, 4.69) is 38.3 Å². The zero-order valence-corrected chi connectivity index (χ0v) is 15.4. The van der Waals surface area contributed by atoms with E-state index in [0.717, 1.165) is 22.2 Å². The normalized spacial score (nSPS) is 12.1. The summed E-state index contributed by atoms with van der Waals surface area (Å²) < 4.78 is 6.50. The average molecular weight is 403 g/mol. The summed E-state index contributed by atoms with van der Waals surface area (Å²) in [5.74, 6) is 1.24. The second kappa shape index (κ2) is 8.22. The topological polar surface area (TPSA) is 73.1 Å². The molecule has 1 N–H and O–H groups in total. The number of hydrogen-bond donors (Lipinski definition) is 1. The Morgan fingerprint density at radius 3 is 2.64 bits per heavy atom. The fourth-order valence-electron chi connectivity index (χ4n) is 2.33. The van der Waals surface area contributed by atoms with Crippen molar-refractivity contribution in [3.05, 3.63) is 58.6 Å². The predicted molar refractivity (Wildman–Crippen MR) is 98.3 cm³/mol. The molecule has 0 fully saturated rings. The first kappa shape index (κ1) is 17.6. The largest absolute Gasteiger partial charge is 0.491 e. The van der Waals surface area contributed by atoms with Crippen molar-refractivity contribution in [2.24, 2.45) is 0 Å². The summed E-state index contributed by atoms with van der Waals surface area (Å²) >= 11 is 3.47. The van der Waals surface area contributed by atoms with Crippen LogP contribution in [0.2, 0.25) is 0 Å². The van der Waals surface area contributed by atoms with Crippen molar-refractivity contribution in [1.29, 1.82) is 0 Å². The molecule has 0 bridgehead atoms. The molecular formula is C18H19BrN4O2. The lowest BCUT2D eigenvalue weighted by Gasteiger charge is -2.11. The second-order valence-electron chi connectivity index (χ2n) is 5.61. The lowest BCUT2D eigenvalue weighted by molar-refractivity contribution is 0.0850. The number of ether oxygens (including phenoxy) is 1. The number of tetrazole rings is 1. The average Bonchev–Trinajstić information content (AvgIpc) is 3.09. The van der Waals surface area contributed by atoms with E-state index in [1.165, 1.54) is 10.4 Å². The summed E-state index contributed by atoms with van der Waals surface area (Å²) in [6.45, 7) is 2.48. The number of aliphatic hydroxyl groups is 1. The predicted octanol–water partition coefficient (Wildman–Crippen LogP) is 3.10. The summed E-state index contributed by atoms with van der Waals surface area (Å²) in [5.41, 5.74) is 2.11. The highest BCUT2D eigenvalue weighted by Gasteiger charge is 2.12. The third-order valence-corrected chi connectivity index (χ3v) is 4.41. The fourth-order valence-corrected chi connectivity index (χ4v) is 2.79. The summed E-state index contributed by atoms with van der Waals surface area (Å²) in [7, 11) is 0. The maximum atomic E-state index is 10.1. The molecule has 3 aromatic rings. The van der Waals surface area contributed by atoms with Crippen molar-refractivity contribution in [2.75, 3.05) is 6.61 Å². The maximum absolute atomic E-state index is 10.1. The van der Waals surface area contributed by atoms with Crippen LogP contribution in [0.3, 0.4) is 0 Å². The molecule has 0 radical (unpaired) electrons. The number of aromatic nitrogens is 4. The molecule has 0 saturated carbocycles. The quantitative estimate of drug-likeness (QED) is 0.657. The zero-order valence-electron chi connectivity index (χ0n) is 13.8. The minimum Gasteiger partial charge on any atom is -0.491 e. The van der Waals surface area contributed by atoms with Gasteiger partial charge in [0.2, 0.25) is 5.82 Å². The van der Waals surface area contributed by atoms with E-state index in [0.29, 0.717) is 5.82 Å². The van der Waals surface area contributed by atoms with Gasteiger partial charge in [0.05, 0.1) is 6.54 Å². The van der Waals surface area contributed by atoms with Crippen LogP contribution in [-0.2, 0) is 13.0 Å². The molecule has 1 unspecified atom stereocenters. The smallest absolute Gasteiger partial charge is 0.206 e. The van der Waals surface area contributed by atoms with Crippen LogP contribution >= 0.6 is 15.9 Å². The first-order valence-electron chi connectivity index (χ1n) is 8.08. The van der Waals surface area contributed by atoms with E-state index in [9.17, 15) is 5.11 Å². The lowest BCUT2D eigenvalue weighted by Crippen LogP contribution is -2.25. The third-order valence-electron chi connectivity index (χ3n) is 3.72. The van der Waals surface area contributed by atoms with E-state index in [1.54, 1.807) is 0 Å². The first-order chi connectivity index (χ1) is 12.2. The standard InChI is InChI=1S/C18H19BrN4O2/c1-2-13-7-9-15(10-8-13)25-12-14(24)11-23-21-18(20-22-23)16-5-3-4-6-17(16)19/h3-10,14,24H,2,11-12H2,1H3. The van der Waals surface area contributed by atoms with Gasteiger partial charge in [-0.15, -0.1) is 10.2 Å². The molecule has 0 aliphatic rings. The van der Waals surface area contributed by atoms with Crippen LogP contribution in [0.15, 0.2) is 53.0 Å². The van der Waals surface area contributed by atoms with Crippen molar-refractivity contribution < 1.29 is 9.84 Å². The molecule has 25 heavy (non-hydrogen) atoms. The highest BCUT2D eigenvalue weighted by Crippen LogP contribution is 2.24. The van der Waals surface area contributed by atoms with Gasteiger partial charge in [0, 0.05) is 10.0 Å². The van der Waals surface area contributed by atoms with Crippen molar-refractivity contribution in [3.63, 3.8) is 0 Å². The third kappa shape index (κ3) is 4.64. The molecule has 130 valence electrons. The van der Waals surface area contributed by atoms with Crippen LogP contribution in [0.4, 0.5) is 0 Å². The summed E-state index contributed by atoms with van der Waals surface area (Å²) in [5, 5.41) is 22.5. The van der Waals surface area contributed by atoms with Crippen LogP contribution < -0.4 is 4.74 Å². The summed E-state index contributed by atoms with van der Waals surface area (Å²) in [6, 6.07) is 15.5. The van der Waals surface area contributed by atoms with Gasteiger partial charge in [-0.2, -0.15) is 4.80 Å². The van der Waals surface area contributed by atoms with E-state index in [4.69, 9.17) is 4.74 Å². The fraction of sp³-hybridized carbons (Fsp3) is 0.278. The van der Waals surface area contributed by atoms with Gasteiger partial charge in [-0.1, -0.05) is 47.1 Å². The monoisotopic (exact) mass is 402 g/mol. The Kier molecular flexibility index (Phi) is 5.78. The van der Waals surface area contributed by atoms with Crippen molar-refractivity contribution in [2.45, 2.75) is 26.0 Å². The molecule has 0 aliphatic carbocycles. The van der Waals surface area contributed by atoms with Gasteiger partial charge in [-0.3, -0.25) is 0 Å². The van der Waals surface area contributed by atoms with E-state index >= 15 is 0 Å². The number of hydrogen-bond acceptors (Lipinski definition) is 5. The van der Waals surface area contributed by atoms with E-state index < -0.39 is 6.10 Å². The van der Waals surface area contributed by atoms with Crippen LogP contribution in [0.5, 0.6) is 5.75 Å². The maximum Gasteiger partial charge on any atom is 0.206 e. The van der Waals surface area contributed by atoms with E-state index in [1.807, 2.05) is 48.5 Å². The zero-order chi connectivity index (χ0) is 17.6. The van der Waals surface area contributed by atoms with Crippen LogP contribution in [0.25, 0.3) is 11.4 Å². The molecule has 2 aromatic carbocycles. The van der Waals surface area contributed by atoms with Crippen molar-refractivity contribution >= 4 is 15.9 Å². The van der Waals surface area contributed by atoms with Gasteiger partial charge in [-0.05, 0) is 41.5 Å². The first-order valence-corrected chi connectivity index (χ1v) is 8.87. The van der Waals surface area contributed by atoms with Gasteiger partial charge in [0.1, 0.15) is 18.5 Å². The highest BCUT2D eigenvalue weighted by atomic mass is 79.9. The number of aliphatic hydroxyl groups excluding tert-OH is 1. The number of nitrogens with zero attached hydrogens (tertiary/aromatic N) is 4. The molecule has 3 rings (SSSR count). The highest BCUT2D eigenvalue weighted by molar-refractivity contribution is 9.10. The summed E-state index contributed by atoms with van der Waals surface area (Å²) in [6.07, 6.45) is 0.257. The van der Waals surface area contributed by atoms with Crippen molar-refractivity contribution in [1.82, 2.24) is 20.2 Å². The second-order valence-corrected chi connectivity index (χ2v) is 6.46. The Morgan fingerprint density at radius 2 is 1.92 bits per heavy atom. The SMILES string of the molecule is CCc1ccc(OCC(O)Cn2nnc(-c3ccccc3Br)n2)cc1. The van der Waals surface area contributed by atoms with Gasteiger partial charge < -0.3 is 9.84 Å². The van der Waals surface area contributed by atoms with Gasteiger partial charge in [-0.25, -0.2) is 0 Å². The molecule has 0 aliphatic heterocycles. The van der Waals surface area contributed by atoms with E-state index in [-0.39, 0.29) is 13.2 Å². The van der Waals surface area contributed by atoms with Crippen molar-refractivity contribution in [3.8, 4) is 17.1 Å². The Balaban J connectivity index is 1.56. The molecule has 0 spiro atoms. The molecular weight excluding hydrogens is 384 g/mol. The molecule has 1 aromatic heterocycles. The Morgan fingerprint density at radius 1 is 1.16 bits per heavy atom. The number of aryl methyl sites for hydroxylation is 1. The van der Waals surface area contributed by atoms with Gasteiger partial charge in [0.25, 0.3) is 0 Å². The molecule has 0 saturated heterocycles. The number of rotatable bonds is 7. The summed E-state index contributed by atoms with van der Waals surface area (Å²) in [4.78, 5) is 1.38. The molecule has 7 heteroatoms. The van der Waals surface area contributed by atoms with Crippen LogP contribution in [-0.4, -0.2) is 38.0 Å².